The summed E-state index contributed by atoms with van der Waals surface area (Å²) < 4.78 is 5.38. The van der Waals surface area contributed by atoms with Crippen LogP contribution in [0.15, 0.2) is 115 Å². The number of hydrogen-bond acceptors (Lipinski definition) is 7. The molecule has 0 saturated heterocycles. The Morgan fingerprint density at radius 1 is 0.837 bits per heavy atom. The summed E-state index contributed by atoms with van der Waals surface area (Å²) in [4.78, 5) is 40.7. The van der Waals surface area contributed by atoms with Gasteiger partial charge in [0.1, 0.15) is 12.6 Å². The fourth-order valence-electron chi connectivity index (χ4n) is 6.07. The number of amides is 3. The van der Waals surface area contributed by atoms with Crippen molar-refractivity contribution in [2.24, 2.45) is 5.92 Å². The van der Waals surface area contributed by atoms with Gasteiger partial charge in [-0.15, -0.1) is 0 Å². The molecule has 10 heteroatoms. The number of aliphatic hydroxyl groups excluding tert-OH is 1. The van der Waals surface area contributed by atoms with Crippen molar-refractivity contribution in [2.45, 2.75) is 63.6 Å². The molecule has 0 spiro atoms. The van der Waals surface area contributed by atoms with E-state index in [-0.39, 0.29) is 32.0 Å². The van der Waals surface area contributed by atoms with Crippen LogP contribution in [0.1, 0.15) is 47.7 Å². The molecule has 3 amide bonds. The molecule has 4 aromatic rings. The van der Waals surface area contributed by atoms with E-state index in [2.05, 4.69) is 16.1 Å². The standard InChI is InChI=1S/C39H44N4O6/c1-27(2)34(41-38(47)49-25-30-18-10-5-11-19-30)36(45)42-43(24-29-16-8-4-9-17-29)26-39(48,23-28-14-6-3-7-15-28)37(46)40-35-32-21-13-12-20-31(32)22-33(35)44/h3-21,27,33-35,44,48H,22-26H2,1-2H3,(H,40,46)(H,41,47)(H,42,45)/t33-,34+,35?,39-/m1/s1. The zero-order valence-corrected chi connectivity index (χ0v) is 27.8. The molecule has 49 heavy (non-hydrogen) atoms. The molecule has 0 heterocycles. The Bertz CT molecular complexity index is 1690. The fourth-order valence-corrected chi connectivity index (χ4v) is 6.07. The molecule has 1 aliphatic rings. The van der Waals surface area contributed by atoms with Crippen LogP contribution in [-0.2, 0) is 40.3 Å². The second-order valence-corrected chi connectivity index (χ2v) is 12.9. The Morgan fingerprint density at radius 3 is 2.04 bits per heavy atom. The predicted molar refractivity (Wildman–Crippen MR) is 186 cm³/mol. The van der Waals surface area contributed by atoms with Crippen LogP contribution in [0.3, 0.4) is 0 Å². The molecule has 4 atom stereocenters. The van der Waals surface area contributed by atoms with Crippen LogP contribution in [0.4, 0.5) is 4.79 Å². The van der Waals surface area contributed by atoms with E-state index in [1.807, 2.05) is 115 Å². The van der Waals surface area contributed by atoms with Gasteiger partial charge in [-0.3, -0.25) is 15.0 Å². The number of hydrazine groups is 1. The van der Waals surface area contributed by atoms with Crippen molar-refractivity contribution in [3.63, 3.8) is 0 Å². The molecule has 0 saturated carbocycles. The zero-order valence-electron chi connectivity index (χ0n) is 27.8. The summed E-state index contributed by atoms with van der Waals surface area (Å²) in [6.07, 6.45) is -1.29. The molecule has 0 aliphatic heterocycles. The Hall–Kier alpha value is -5.03. The Balaban J connectivity index is 1.38. The molecular formula is C39H44N4O6. The van der Waals surface area contributed by atoms with E-state index in [4.69, 9.17) is 4.74 Å². The SMILES string of the molecule is CC(C)[C@H](NC(=O)OCc1ccccc1)C(=O)NN(Cc1ccccc1)C[C@](O)(Cc1ccccc1)C(=O)NC1c2ccccc2C[C@H]1O. The van der Waals surface area contributed by atoms with Crippen molar-refractivity contribution in [3.8, 4) is 0 Å². The van der Waals surface area contributed by atoms with E-state index in [0.29, 0.717) is 12.0 Å². The summed E-state index contributed by atoms with van der Waals surface area (Å²) in [5, 5.41) is 30.3. The van der Waals surface area contributed by atoms with E-state index < -0.39 is 41.7 Å². The fraction of sp³-hybridized carbons (Fsp3) is 0.308. The molecule has 10 nitrogen and oxygen atoms in total. The lowest BCUT2D eigenvalue weighted by Gasteiger charge is -2.36. The number of alkyl carbamates (subject to hydrolysis) is 1. The number of carbonyl (C=O) groups is 3. The third-order valence-electron chi connectivity index (χ3n) is 8.62. The van der Waals surface area contributed by atoms with E-state index in [1.54, 1.807) is 13.8 Å². The Labute approximate surface area is 287 Å². The Kier molecular flexibility index (Phi) is 11.8. The lowest BCUT2D eigenvalue weighted by Crippen LogP contribution is -2.61. The minimum atomic E-state index is -2.05. The third-order valence-corrected chi connectivity index (χ3v) is 8.62. The van der Waals surface area contributed by atoms with E-state index >= 15 is 0 Å². The van der Waals surface area contributed by atoms with Gasteiger partial charge in [0, 0.05) is 19.4 Å². The van der Waals surface area contributed by atoms with Gasteiger partial charge >= 0.3 is 6.09 Å². The first-order valence-corrected chi connectivity index (χ1v) is 16.5. The minimum absolute atomic E-state index is 0.0427. The Morgan fingerprint density at radius 2 is 1.41 bits per heavy atom. The van der Waals surface area contributed by atoms with E-state index in [0.717, 1.165) is 22.3 Å². The van der Waals surface area contributed by atoms with Gasteiger partial charge in [0.05, 0.1) is 18.7 Å². The highest BCUT2D eigenvalue weighted by molar-refractivity contribution is 5.87. The monoisotopic (exact) mass is 664 g/mol. The smallest absolute Gasteiger partial charge is 0.408 e. The molecule has 0 radical (unpaired) electrons. The first-order chi connectivity index (χ1) is 23.6. The quantitative estimate of drug-likeness (QED) is 0.127. The number of nitrogens with zero attached hydrogens (tertiary/aromatic N) is 1. The van der Waals surface area contributed by atoms with Gasteiger partial charge in [-0.1, -0.05) is 129 Å². The second kappa shape index (κ2) is 16.4. The maximum Gasteiger partial charge on any atom is 0.408 e. The van der Waals surface area contributed by atoms with Crippen molar-refractivity contribution in [3.05, 3.63) is 143 Å². The highest BCUT2D eigenvalue weighted by atomic mass is 16.5. The van der Waals surface area contributed by atoms with Gasteiger partial charge in [-0.05, 0) is 33.7 Å². The number of rotatable bonds is 14. The van der Waals surface area contributed by atoms with Crippen LogP contribution in [0.5, 0.6) is 0 Å². The van der Waals surface area contributed by atoms with Gasteiger partial charge in [-0.25, -0.2) is 9.80 Å². The number of hydrogen-bond donors (Lipinski definition) is 5. The first-order valence-electron chi connectivity index (χ1n) is 16.5. The highest BCUT2D eigenvalue weighted by Crippen LogP contribution is 2.32. The number of nitrogens with one attached hydrogen (secondary N) is 3. The molecule has 256 valence electrons. The number of carbonyl (C=O) groups excluding carboxylic acids is 3. The van der Waals surface area contributed by atoms with Crippen molar-refractivity contribution >= 4 is 17.9 Å². The van der Waals surface area contributed by atoms with Crippen molar-refractivity contribution in [2.75, 3.05) is 6.54 Å². The van der Waals surface area contributed by atoms with Crippen LogP contribution < -0.4 is 16.1 Å². The number of fused-ring (bicyclic) bond motifs is 1. The summed E-state index contributed by atoms with van der Waals surface area (Å²) in [5.41, 5.74) is 4.89. The summed E-state index contributed by atoms with van der Waals surface area (Å²) in [6.45, 7) is 3.48. The van der Waals surface area contributed by atoms with Gasteiger partial charge in [0.2, 0.25) is 0 Å². The summed E-state index contributed by atoms with van der Waals surface area (Å²) in [6, 6.07) is 33.5. The van der Waals surface area contributed by atoms with E-state index in [9.17, 15) is 24.6 Å². The molecule has 5 N–H and O–H groups in total. The molecule has 4 aromatic carbocycles. The highest BCUT2D eigenvalue weighted by Gasteiger charge is 2.42. The average Bonchev–Trinajstić information content (AvgIpc) is 3.41. The van der Waals surface area contributed by atoms with Crippen LogP contribution in [0.25, 0.3) is 0 Å². The van der Waals surface area contributed by atoms with Crippen LogP contribution in [-0.4, -0.2) is 57.4 Å². The van der Waals surface area contributed by atoms with Crippen molar-refractivity contribution in [1.29, 1.82) is 0 Å². The molecule has 1 aliphatic carbocycles. The molecule has 5 rings (SSSR count). The lowest BCUT2D eigenvalue weighted by molar-refractivity contribution is -0.147. The number of aliphatic hydroxyl groups is 2. The second-order valence-electron chi connectivity index (χ2n) is 12.9. The summed E-state index contributed by atoms with van der Waals surface area (Å²) in [7, 11) is 0. The van der Waals surface area contributed by atoms with E-state index in [1.165, 1.54) is 5.01 Å². The molecule has 0 bridgehead atoms. The largest absolute Gasteiger partial charge is 0.445 e. The molecular weight excluding hydrogens is 620 g/mol. The van der Waals surface area contributed by atoms with Gasteiger partial charge in [0.15, 0.2) is 5.60 Å². The summed E-state index contributed by atoms with van der Waals surface area (Å²) >= 11 is 0. The third kappa shape index (κ3) is 9.54. The average molecular weight is 665 g/mol. The van der Waals surface area contributed by atoms with Crippen LogP contribution in [0, 0.1) is 5.92 Å². The number of benzene rings is 4. The van der Waals surface area contributed by atoms with Gasteiger partial charge < -0.3 is 25.6 Å². The topological polar surface area (TPSA) is 140 Å². The number of ether oxygens (including phenoxy) is 1. The maximum absolute atomic E-state index is 14.1. The molecule has 0 fully saturated rings. The first kappa shape index (κ1) is 35.3. The molecule has 0 aromatic heterocycles. The van der Waals surface area contributed by atoms with Gasteiger partial charge in [0.25, 0.3) is 11.8 Å². The maximum atomic E-state index is 14.1. The lowest BCUT2D eigenvalue weighted by atomic mass is 9.92. The predicted octanol–water partition coefficient (Wildman–Crippen LogP) is 4.22. The zero-order chi connectivity index (χ0) is 34.8. The normalized spacial score (nSPS) is 17.1. The van der Waals surface area contributed by atoms with Crippen molar-refractivity contribution in [1.82, 2.24) is 21.1 Å². The van der Waals surface area contributed by atoms with Crippen LogP contribution in [0.2, 0.25) is 0 Å². The van der Waals surface area contributed by atoms with Crippen LogP contribution >= 0.6 is 0 Å². The summed E-state index contributed by atoms with van der Waals surface area (Å²) in [5.74, 6) is -1.55. The van der Waals surface area contributed by atoms with Crippen molar-refractivity contribution < 1.29 is 29.3 Å². The minimum Gasteiger partial charge on any atom is -0.445 e. The molecule has 1 unspecified atom stereocenters. The van der Waals surface area contributed by atoms with Gasteiger partial charge in [-0.2, -0.15) is 0 Å².